The van der Waals surface area contributed by atoms with Crippen LogP contribution in [0.1, 0.15) is 19.7 Å². The van der Waals surface area contributed by atoms with Crippen LogP contribution in [0.5, 0.6) is 0 Å². The summed E-state index contributed by atoms with van der Waals surface area (Å²) < 4.78 is 16.3. The molecule has 2 N–H and O–H groups in total. The van der Waals surface area contributed by atoms with Crippen molar-refractivity contribution in [3.05, 3.63) is 24.1 Å². The van der Waals surface area contributed by atoms with Crippen LogP contribution in [0.2, 0.25) is 0 Å². The number of para-hydroxylation sites is 1. The van der Waals surface area contributed by atoms with Crippen molar-refractivity contribution in [2.75, 3.05) is 18.9 Å². The summed E-state index contributed by atoms with van der Waals surface area (Å²) in [5.41, 5.74) is 7.79. The molecule has 0 unspecified atom stereocenters. The van der Waals surface area contributed by atoms with E-state index >= 15 is 0 Å². The fraction of sp³-hybridized carbons (Fsp3) is 0.462. The molecule has 2 rings (SSSR count). The van der Waals surface area contributed by atoms with Gasteiger partial charge in [0.15, 0.2) is 5.58 Å². The first kappa shape index (κ1) is 12.9. The van der Waals surface area contributed by atoms with Crippen LogP contribution in [0.15, 0.2) is 22.6 Å². The Morgan fingerprint density at radius 1 is 1.33 bits per heavy atom. The summed E-state index contributed by atoms with van der Waals surface area (Å²) in [6.07, 6.45) is 0.220. The molecule has 0 radical (unpaired) electrons. The molecule has 98 valence electrons. The number of nitrogens with two attached hydrogens (primary N) is 1. The lowest BCUT2D eigenvalue weighted by atomic mass is 10.3. The maximum absolute atomic E-state index is 5.80. The van der Waals surface area contributed by atoms with E-state index in [1.165, 1.54) is 0 Å². The predicted octanol–water partition coefficient (Wildman–Crippen LogP) is 2.35. The predicted molar refractivity (Wildman–Crippen MR) is 69.2 cm³/mol. The summed E-state index contributed by atoms with van der Waals surface area (Å²) in [5, 5.41) is 0. The Labute approximate surface area is 106 Å². The number of nitrogens with zero attached hydrogens (tertiary/aromatic N) is 1. The molecule has 1 heterocycles. The molecule has 2 aromatic rings. The minimum Gasteiger partial charge on any atom is -0.438 e. The lowest BCUT2D eigenvalue weighted by Crippen LogP contribution is -2.09. The van der Waals surface area contributed by atoms with E-state index in [4.69, 9.17) is 19.6 Å². The third-order valence-electron chi connectivity index (χ3n) is 2.40. The maximum atomic E-state index is 5.80. The van der Waals surface area contributed by atoms with E-state index in [2.05, 4.69) is 4.98 Å². The molecule has 0 aliphatic rings. The zero-order valence-corrected chi connectivity index (χ0v) is 10.7. The third kappa shape index (κ3) is 3.21. The number of benzene rings is 1. The lowest BCUT2D eigenvalue weighted by molar-refractivity contribution is 0.00959. The van der Waals surface area contributed by atoms with Gasteiger partial charge in [-0.3, -0.25) is 0 Å². The van der Waals surface area contributed by atoms with E-state index < -0.39 is 0 Å². The normalized spacial score (nSPS) is 11.5. The molecular formula is C13H18N2O3. The molecule has 18 heavy (non-hydrogen) atoms. The minimum atomic E-state index is 0.220. The van der Waals surface area contributed by atoms with Crippen LogP contribution >= 0.6 is 0 Å². The Balaban J connectivity index is 1.87. The smallest absolute Gasteiger partial charge is 0.221 e. The van der Waals surface area contributed by atoms with E-state index in [1.807, 2.05) is 26.0 Å². The molecule has 0 aliphatic carbocycles. The first-order valence-corrected chi connectivity index (χ1v) is 6.00. The molecule has 0 aliphatic heterocycles. The first-order chi connectivity index (χ1) is 8.66. The number of fused-ring (bicyclic) bond motifs is 1. The van der Waals surface area contributed by atoms with Crippen molar-refractivity contribution in [2.45, 2.75) is 26.6 Å². The van der Waals surface area contributed by atoms with Crippen molar-refractivity contribution in [2.24, 2.45) is 0 Å². The zero-order valence-electron chi connectivity index (χ0n) is 10.7. The molecule has 0 amide bonds. The van der Waals surface area contributed by atoms with Crippen molar-refractivity contribution in [3.63, 3.8) is 0 Å². The van der Waals surface area contributed by atoms with Gasteiger partial charge in [-0.25, -0.2) is 4.98 Å². The average Bonchev–Trinajstić information content (AvgIpc) is 2.72. The summed E-state index contributed by atoms with van der Waals surface area (Å²) in [6.45, 7) is 5.40. The summed E-state index contributed by atoms with van der Waals surface area (Å²) >= 11 is 0. The molecule has 0 atom stereocenters. The zero-order chi connectivity index (χ0) is 13.0. The maximum Gasteiger partial charge on any atom is 0.221 e. The minimum absolute atomic E-state index is 0.220. The van der Waals surface area contributed by atoms with Gasteiger partial charge in [0.1, 0.15) is 12.1 Å². The van der Waals surface area contributed by atoms with Gasteiger partial charge in [-0.15, -0.1) is 0 Å². The molecule has 5 heteroatoms. The van der Waals surface area contributed by atoms with Gasteiger partial charge in [-0.2, -0.15) is 0 Å². The number of oxazole rings is 1. The highest BCUT2D eigenvalue weighted by atomic mass is 16.5. The highest BCUT2D eigenvalue weighted by Crippen LogP contribution is 2.21. The van der Waals surface area contributed by atoms with Gasteiger partial charge in [-0.1, -0.05) is 6.07 Å². The van der Waals surface area contributed by atoms with Crippen LogP contribution < -0.4 is 5.73 Å². The van der Waals surface area contributed by atoms with E-state index in [0.717, 1.165) is 0 Å². The van der Waals surface area contributed by atoms with E-state index in [1.54, 1.807) is 6.07 Å². The summed E-state index contributed by atoms with van der Waals surface area (Å²) in [7, 11) is 0. The topological polar surface area (TPSA) is 70.5 Å². The standard InChI is InChI=1S/C13H18N2O3/c1-9(2)17-7-6-16-8-12-15-13-10(14)4-3-5-11(13)18-12/h3-5,9H,6-8,14H2,1-2H3. The van der Waals surface area contributed by atoms with Gasteiger partial charge < -0.3 is 19.6 Å². The highest BCUT2D eigenvalue weighted by Gasteiger charge is 2.07. The van der Waals surface area contributed by atoms with Crippen LogP contribution in [0.25, 0.3) is 11.1 Å². The summed E-state index contributed by atoms with van der Waals surface area (Å²) in [4.78, 5) is 4.29. The highest BCUT2D eigenvalue weighted by molar-refractivity contribution is 5.85. The number of nitrogen functional groups attached to an aromatic ring is 1. The largest absolute Gasteiger partial charge is 0.438 e. The molecule has 0 spiro atoms. The third-order valence-corrected chi connectivity index (χ3v) is 2.40. The first-order valence-electron chi connectivity index (χ1n) is 6.00. The van der Waals surface area contributed by atoms with Crippen molar-refractivity contribution < 1.29 is 13.9 Å². The monoisotopic (exact) mass is 250 g/mol. The van der Waals surface area contributed by atoms with E-state index in [-0.39, 0.29) is 6.10 Å². The van der Waals surface area contributed by atoms with Gasteiger partial charge >= 0.3 is 0 Å². The van der Waals surface area contributed by atoms with Crippen molar-refractivity contribution >= 4 is 16.8 Å². The fourth-order valence-electron chi connectivity index (χ4n) is 1.58. The second-order valence-electron chi connectivity index (χ2n) is 4.27. The summed E-state index contributed by atoms with van der Waals surface area (Å²) in [6, 6.07) is 5.47. The van der Waals surface area contributed by atoms with E-state index in [0.29, 0.717) is 42.5 Å². The Bertz CT molecular complexity index is 508. The molecule has 1 aromatic heterocycles. The number of hydrogen-bond acceptors (Lipinski definition) is 5. The lowest BCUT2D eigenvalue weighted by Gasteiger charge is -2.06. The van der Waals surface area contributed by atoms with Gasteiger partial charge in [-0.05, 0) is 26.0 Å². The van der Waals surface area contributed by atoms with Crippen LogP contribution in [0.3, 0.4) is 0 Å². The average molecular weight is 250 g/mol. The molecule has 0 bridgehead atoms. The van der Waals surface area contributed by atoms with Crippen LogP contribution in [0.4, 0.5) is 5.69 Å². The molecule has 5 nitrogen and oxygen atoms in total. The van der Waals surface area contributed by atoms with Gasteiger partial charge in [0.25, 0.3) is 0 Å². The Kier molecular flexibility index (Phi) is 4.17. The van der Waals surface area contributed by atoms with Crippen molar-refractivity contribution in [1.29, 1.82) is 0 Å². The number of anilines is 1. The SMILES string of the molecule is CC(C)OCCOCc1nc2c(N)cccc2o1. The second-order valence-corrected chi connectivity index (χ2v) is 4.27. The van der Waals surface area contributed by atoms with Crippen LogP contribution in [-0.4, -0.2) is 24.3 Å². The number of rotatable bonds is 6. The summed E-state index contributed by atoms with van der Waals surface area (Å²) in [5.74, 6) is 0.535. The van der Waals surface area contributed by atoms with Crippen molar-refractivity contribution in [1.82, 2.24) is 4.98 Å². The van der Waals surface area contributed by atoms with E-state index in [9.17, 15) is 0 Å². The number of hydrogen-bond donors (Lipinski definition) is 1. The van der Waals surface area contributed by atoms with Crippen LogP contribution in [0, 0.1) is 0 Å². The number of aromatic nitrogens is 1. The molecule has 1 aromatic carbocycles. The number of ether oxygens (including phenoxy) is 2. The molecular weight excluding hydrogens is 232 g/mol. The van der Waals surface area contributed by atoms with Gasteiger partial charge in [0.05, 0.1) is 25.0 Å². The second kappa shape index (κ2) is 5.84. The Hall–Kier alpha value is -1.59. The molecule has 0 saturated carbocycles. The van der Waals surface area contributed by atoms with Crippen molar-refractivity contribution in [3.8, 4) is 0 Å². The molecule has 0 saturated heterocycles. The Morgan fingerprint density at radius 2 is 2.17 bits per heavy atom. The molecule has 0 fully saturated rings. The fourth-order valence-corrected chi connectivity index (χ4v) is 1.58. The van der Waals surface area contributed by atoms with Crippen LogP contribution in [-0.2, 0) is 16.1 Å². The van der Waals surface area contributed by atoms with Gasteiger partial charge in [0.2, 0.25) is 5.89 Å². The van der Waals surface area contributed by atoms with Gasteiger partial charge in [0, 0.05) is 0 Å². The Morgan fingerprint density at radius 3 is 2.89 bits per heavy atom. The quantitative estimate of drug-likeness (QED) is 0.629.